The summed E-state index contributed by atoms with van der Waals surface area (Å²) in [7, 11) is 7.89. The van der Waals surface area contributed by atoms with Gasteiger partial charge in [-0.1, -0.05) is 0 Å². The molecule has 3 heterocycles. The van der Waals surface area contributed by atoms with E-state index in [-0.39, 0.29) is 46.4 Å². The molecule has 0 amide bonds. The molecule has 15 nitrogen and oxygen atoms in total. The van der Waals surface area contributed by atoms with E-state index >= 15 is 0 Å². The van der Waals surface area contributed by atoms with Gasteiger partial charge in [-0.3, -0.25) is 9.59 Å². The lowest BCUT2D eigenvalue weighted by atomic mass is 9.72. The number of carbonyl (C=O) groups excluding carboxylic acids is 2. The van der Waals surface area contributed by atoms with Crippen molar-refractivity contribution in [3.8, 4) is 17.2 Å². The summed E-state index contributed by atoms with van der Waals surface area (Å²) in [5.74, 6) is -2.85. The number of rotatable bonds is 6. The average Bonchev–Trinajstić information content (AvgIpc) is 3.05. The molecular formula is C37H47NO14. The van der Waals surface area contributed by atoms with E-state index in [9.17, 15) is 35.1 Å². The second kappa shape index (κ2) is 12.4. The summed E-state index contributed by atoms with van der Waals surface area (Å²) in [6, 6.07) is 1.82. The number of carbonyl (C=O) groups is 2. The molecule has 2 aromatic rings. The number of hydrogen-bond donors (Lipinski definition) is 5. The van der Waals surface area contributed by atoms with E-state index in [4.69, 9.17) is 33.2 Å². The maximum atomic E-state index is 14.5. The number of likely N-dealkylation sites (N-methyl/N-ethyl adjacent to an activating group) is 1. The Bertz CT molecular complexity index is 1830. The van der Waals surface area contributed by atoms with Crippen LogP contribution in [-0.4, -0.2) is 138 Å². The predicted molar refractivity (Wildman–Crippen MR) is 180 cm³/mol. The zero-order valence-corrected chi connectivity index (χ0v) is 30.6. The molecule has 5 aliphatic rings. The van der Waals surface area contributed by atoms with Crippen LogP contribution in [0.5, 0.6) is 17.2 Å². The number of aromatic hydroxyl groups is 2. The number of fused-ring (bicyclic) bond motifs is 8. The van der Waals surface area contributed by atoms with Gasteiger partial charge in [0.1, 0.15) is 52.9 Å². The van der Waals surface area contributed by atoms with Crippen molar-refractivity contribution in [1.82, 2.24) is 4.90 Å². The second-order valence-electron chi connectivity index (χ2n) is 15.4. The number of hydrogen-bond acceptors (Lipinski definition) is 15. The first-order valence-corrected chi connectivity index (χ1v) is 17.2. The van der Waals surface area contributed by atoms with E-state index in [1.807, 2.05) is 6.92 Å². The van der Waals surface area contributed by atoms with E-state index in [0.29, 0.717) is 5.56 Å². The molecule has 5 unspecified atom stereocenters. The topological polar surface area (TPSA) is 203 Å². The Labute approximate surface area is 300 Å². The molecule has 7 rings (SSSR count). The van der Waals surface area contributed by atoms with Gasteiger partial charge < -0.3 is 63.6 Å². The van der Waals surface area contributed by atoms with Crippen LogP contribution in [-0.2, 0) is 40.4 Å². The molecule has 0 saturated carbocycles. The Morgan fingerprint density at radius 1 is 0.942 bits per heavy atom. The minimum atomic E-state index is -1.55. The highest BCUT2D eigenvalue weighted by molar-refractivity contribution is 6.31. The lowest BCUT2D eigenvalue weighted by molar-refractivity contribution is -0.345. The summed E-state index contributed by atoms with van der Waals surface area (Å²) in [5.41, 5.74) is -4.54. The highest BCUT2D eigenvalue weighted by Gasteiger charge is 2.60. The van der Waals surface area contributed by atoms with Crippen LogP contribution in [0, 0.1) is 0 Å². The van der Waals surface area contributed by atoms with E-state index in [0.717, 1.165) is 0 Å². The van der Waals surface area contributed by atoms with Crippen molar-refractivity contribution in [2.75, 3.05) is 35.4 Å². The molecule has 2 saturated heterocycles. The Hall–Kier alpha value is -3.22. The second-order valence-corrected chi connectivity index (χ2v) is 15.4. The fourth-order valence-electron chi connectivity index (χ4n) is 9.20. The fraction of sp³-hybridized carbons (Fsp3) is 0.622. The van der Waals surface area contributed by atoms with Crippen LogP contribution in [0.15, 0.2) is 12.1 Å². The van der Waals surface area contributed by atoms with Crippen molar-refractivity contribution in [3.05, 3.63) is 51.1 Å². The Morgan fingerprint density at radius 3 is 2.23 bits per heavy atom. The molecule has 3 aliphatic heterocycles. The van der Waals surface area contributed by atoms with Crippen molar-refractivity contribution in [2.24, 2.45) is 0 Å². The molecule has 2 aliphatic carbocycles. The maximum Gasteiger partial charge on any atom is 0.228 e. The third-order valence-corrected chi connectivity index (χ3v) is 11.8. The molecule has 0 aromatic heterocycles. The minimum Gasteiger partial charge on any atom is -0.507 e. The van der Waals surface area contributed by atoms with Gasteiger partial charge in [0, 0.05) is 50.9 Å². The van der Waals surface area contributed by atoms with E-state index in [1.54, 1.807) is 39.8 Å². The molecule has 15 heteroatoms. The van der Waals surface area contributed by atoms with Gasteiger partial charge in [0.05, 0.1) is 40.5 Å². The molecule has 12 atom stereocenters. The van der Waals surface area contributed by atoms with Gasteiger partial charge in [0.25, 0.3) is 0 Å². The van der Waals surface area contributed by atoms with Crippen LogP contribution in [0.3, 0.4) is 0 Å². The van der Waals surface area contributed by atoms with Crippen LogP contribution in [0.2, 0.25) is 0 Å². The molecule has 5 N–H and O–H groups in total. The van der Waals surface area contributed by atoms with Gasteiger partial charge in [-0.05, 0) is 59.5 Å². The van der Waals surface area contributed by atoms with Crippen LogP contribution in [0.4, 0.5) is 0 Å². The normalized spacial score (nSPS) is 39.4. The standard InChI is InChI=1S/C37H47NO14/c1-14-31(46-7)37(4,48-9)32(47-8)34(49-14)50-19-13-35(2,45)12-15-10-16-21(26(41)20(15)19)27(42)22-18(39)11-17-29(23(22)25(16)40)51-33-28(43)24(38(5)6)30(44)36(17,3)52-33/h10-11,14,19,24,28,30-34,39,41,43-45H,12-13H2,1-9H3/t14?,19-,24-,28-,30+,31?,32?,33-,34?,35+,36-,37?/m1/s1. The number of aliphatic hydroxyl groups excluding tert-OH is 2. The zero-order chi connectivity index (χ0) is 38.0. The van der Waals surface area contributed by atoms with Crippen LogP contribution in [0.25, 0.3) is 0 Å². The zero-order valence-electron chi connectivity index (χ0n) is 30.6. The molecular weight excluding hydrogens is 682 g/mol. The first kappa shape index (κ1) is 37.1. The summed E-state index contributed by atoms with van der Waals surface area (Å²) >= 11 is 0. The summed E-state index contributed by atoms with van der Waals surface area (Å²) in [5, 5.41) is 57.4. The molecule has 2 fully saturated rings. The first-order valence-electron chi connectivity index (χ1n) is 17.2. The molecule has 0 radical (unpaired) electrons. The summed E-state index contributed by atoms with van der Waals surface area (Å²) in [6.45, 7) is 6.76. The Balaban J connectivity index is 1.34. The number of phenols is 2. The maximum absolute atomic E-state index is 14.5. The number of ketones is 2. The summed E-state index contributed by atoms with van der Waals surface area (Å²) in [6.07, 6.45) is -8.03. The van der Waals surface area contributed by atoms with Gasteiger partial charge in [-0.15, -0.1) is 0 Å². The number of methoxy groups -OCH3 is 3. The van der Waals surface area contributed by atoms with E-state index < -0.39 is 101 Å². The quantitative estimate of drug-likeness (QED) is 0.244. The number of phenolic OH excluding ortho intramolecular Hbond substituents is 2. The molecule has 284 valence electrons. The smallest absolute Gasteiger partial charge is 0.228 e. The van der Waals surface area contributed by atoms with Gasteiger partial charge in [0.15, 0.2) is 12.1 Å². The summed E-state index contributed by atoms with van der Waals surface area (Å²) < 4.78 is 42.2. The SMILES string of the molecule is COC1C(C)OC(O[C@@H]2C[C@@](C)(O)Cc3cc4c(c(O)c32)C(=O)c2c(O)cc3c(c2C4=O)O[C@@H]2O[C@@]3(C)[C@@H](O)[C@H](N(C)C)[C@H]2O)C(OC)C1(C)OC. The monoisotopic (exact) mass is 729 g/mol. The Kier molecular flexibility index (Phi) is 8.86. The lowest BCUT2D eigenvalue weighted by Gasteiger charge is -2.53. The largest absolute Gasteiger partial charge is 0.507 e. The van der Waals surface area contributed by atoms with Gasteiger partial charge in [0.2, 0.25) is 12.1 Å². The number of benzene rings is 2. The summed E-state index contributed by atoms with van der Waals surface area (Å²) in [4.78, 5) is 30.6. The van der Waals surface area contributed by atoms with Crippen molar-refractivity contribution in [2.45, 2.75) is 113 Å². The van der Waals surface area contributed by atoms with Crippen LogP contribution >= 0.6 is 0 Å². The van der Waals surface area contributed by atoms with Crippen LogP contribution in [0.1, 0.15) is 88.8 Å². The average molecular weight is 730 g/mol. The van der Waals surface area contributed by atoms with Gasteiger partial charge >= 0.3 is 0 Å². The lowest BCUT2D eigenvalue weighted by Crippen LogP contribution is -2.68. The van der Waals surface area contributed by atoms with Gasteiger partial charge in [-0.25, -0.2) is 0 Å². The molecule has 2 aromatic carbocycles. The molecule has 52 heavy (non-hydrogen) atoms. The predicted octanol–water partition coefficient (Wildman–Crippen LogP) is 1.42. The number of nitrogens with zero attached hydrogens (tertiary/aromatic N) is 1. The van der Waals surface area contributed by atoms with Crippen molar-refractivity contribution < 1.29 is 68.3 Å². The third kappa shape index (κ3) is 5.09. The number of aliphatic hydroxyl groups is 3. The highest BCUT2D eigenvalue weighted by Crippen LogP contribution is 2.55. The van der Waals surface area contributed by atoms with Gasteiger partial charge in [-0.2, -0.15) is 0 Å². The van der Waals surface area contributed by atoms with Crippen molar-refractivity contribution in [3.63, 3.8) is 0 Å². The van der Waals surface area contributed by atoms with E-state index in [1.165, 1.54) is 33.5 Å². The minimum absolute atomic E-state index is 0.00146. The van der Waals surface area contributed by atoms with Crippen molar-refractivity contribution in [1.29, 1.82) is 0 Å². The van der Waals surface area contributed by atoms with E-state index in [2.05, 4.69) is 0 Å². The molecule has 0 spiro atoms. The fourth-order valence-corrected chi connectivity index (χ4v) is 9.20. The van der Waals surface area contributed by atoms with Crippen LogP contribution < -0.4 is 4.74 Å². The third-order valence-electron chi connectivity index (χ3n) is 11.8. The molecule has 2 bridgehead atoms. The Morgan fingerprint density at radius 2 is 1.62 bits per heavy atom. The van der Waals surface area contributed by atoms with Crippen molar-refractivity contribution >= 4 is 11.6 Å². The highest BCUT2D eigenvalue weighted by atomic mass is 16.7. The number of ether oxygens (including phenoxy) is 7. The first-order chi connectivity index (χ1) is 24.3.